The van der Waals surface area contributed by atoms with E-state index < -0.39 is 0 Å². The summed E-state index contributed by atoms with van der Waals surface area (Å²) in [4.78, 5) is 11.6. The number of nitriles is 1. The van der Waals surface area contributed by atoms with Crippen LogP contribution in [0.4, 0.5) is 0 Å². The number of allylic oxidation sites excluding steroid dienone is 2. The van der Waals surface area contributed by atoms with Crippen molar-refractivity contribution in [3.63, 3.8) is 0 Å². The summed E-state index contributed by atoms with van der Waals surface area (Å²) in [6.07, 6.45) is 5.09. The van der Waals surface area contributed by atoms with E-state index >= 15 is 0 Å². The predicted octanol–water partition coefficient (Wildman–Crippen LogP) is 1.15. The number of nitrogens with zero attached hydrogens (tertiary/aromatic N) is 1. The Morgan fingerprint density at radius 3 is 3.08 bits per heavy atom. The zero-order valence-corrected chi connectivity index (χ0v) is 6.60. The highest BCUT2D eigenvalue weighted by Crippen LogP contribution is 2.57. The molecule has 2 heteroatoms. The third-order valence-corrected chi connectivity index (χ3v) is 3.71. The number of Topliss-reactive ketones (excluding diaryl/α,β-unsaturated/α-hetero) is 1. The van der Waals surface area contributed by atoms with E-state index in [1.165, 1.54) is 0 Å². The van der Waals surface area contributed by atoms with Crippen molar-refractivity contribution < 1.29 is 4.79 Å². The lowest BCUT2D eigenvalue weighted by atomic mass is 9.79. The van der Waals surface area contributed by atoms with Crippen molar-refractivity contribution in [1.82, 2.24) is 0 Å². The first-order valence-electron chi connectivity index (χ1n) is 4.44. The van der Waals surface area contributed by atoms with Gasteiger partial charge in [0.25, 0.3) is 0 Å². The lowest BCUT2D eigenvalue weighted by Gasteiger charge is -2.21. The largest absolute Gasteiger partial charge is 0.299 e. The van der Waals surface area contributed by atoms with Gasteiger partial charge >= 0.3 is 0 Å². The van der Waals surface area contributed by atoms with Gasteiger partial charge in [-0.25, -0.2) is 0 Å². The van der Waals surface area contributed by atoms with E-state index in [2.05, 4.69) is 12.1 Å². The van der Waals surface area contributed by atoms with Gasteiger partial charge in [0.15, 0.2) is 0 Å². The summed E-state index contributed by atoms with van der Waals surface area (Å²) in [7, 11) is 0. The van der Waals surface area contributed by atoms with Crippen LogP contribution in [0.2, 0.25) is 0 Å². The third-order valence-electron chi connectivity index (χ3n) is 3.71. The van der Waals surface area contributed by atoms with Crippen LogP contribution in [0.25, 0.3) is 0 Å². The summed E-state index contributed by atoms with van der Waals surface area (Å²) in [5, 5.41) is 8.89. The molecule has 60 valence electrons. The van der Waals surface area contributed by atoms with Gasteiger partial charge in [0.1, 0.15) is 5.78 Å². The Morgan fingerprint density at radius 1 is 1.50 bits per heavy atom. The highest BCUT2D eigenvalue weighted by atomic mass is 16.1. The second-order valence-electron chi connectivity index (χ2n) is 4.05. The van der Waals surface area contributed by atoms with Crippen molar-refractivity contribution in [3.05, 3.63) is 12.2 Å². The summed E-state index contributed by atoms with van der Waals surface area (Å²) >= 11 is 0. The minimum Gasteiger partial charge on any atom is -0.299 e. The molecule has 5 atom stereocenters. The Morgan fingerprint density at radius 2 is 2.33 bits per heavy atom. The van der Waals surface area contributed by atoms with E-state index in [9.17, 15) is 4.79 Å². The molecule has 3 aliphatic rings. The molecule has 0 aromatic rings. The van der Waals surface area contributed by atoms with Crippen molar-refractivity contribution >= 4 is 5.78 Å². The molecule has 0 heterocycles. The highest BCUT2D eigenvalue weighted by Gasteiger charge is 2.58. The van der Waals surface area contributed by atoms with Gasteiger partial charge in [0.05, 0.1) is 12.0 Å². The topological polar surface area (TPSA) is 40.9 Å². The number of rotatable bonds is 0. The quantitative estimate of drug-likeness (QED) is 0.497. The molecule has 0 spiro atoms. The lowest BCUT2D eigenvalue weighted by Crippen LogP contribution is -2.28. The fraction of sp³-hybridized carbons (Fsp3) is 0.600. The molecule has 0 N–H and O–H groups in total. The normalized spacial score (nSPS) is 53.2. The third kappa shape index (κ3) is 0.483. The van der Waals surface area contributed by atoms with Gasteiger partial charge in [-0.1, -0.05) is 12.2 Å². The predicted molar refractivity (Wildman–Crippen MR) is 41.8 cm³/mol. The van der Waals surface area contributed by atoms with Crippen LogP contribution in [0, 0.1) is 40.9 Å². The average molecular weight is 159 g/mol. The minimum absolute atomic E-state index is 0.00231. The molecule has 0 unspecified atom stereocenters. The lowest BCUT2D eigenvalue weighted by molar-refractivity contribution is -0.125. The summed E-state index contributed by atoms with van der Waals surface area (Å²) in [5.74, 6) is 1.48. The first-order valence-corrected chi connectivity index (χ1v) is 4.44. The zero-order valence-electron chi connectivity index (χ0n) is 6.60. The van der Waals surface area contributed by atoms with Gasteiger partial charge in [-0.2, -0.15) is 5.26 Å². The SMILES string of the molecule is N#C[C@H]1[C@H]2C=C[C@H]3C(=O)[C@@H]1C[C@@H]23. The van der Waals surface area contributed by atoms with Crippen LogP contribution in [0.3, 0.4) is 0 Å². The summed E-state index contributed by atoms with van der Waals surface area (Å²) in [6.45, 7) is 0. The van der Waals surface area contributed by atoms with Crippen LogP contribution in [0.1, 0.15) is 6.42 Å². The van der Waals surface area contributed by atoms with Crippen LogP contribution in [0.5, 0.6) is 0 Å². The molecule has 2 nitrogen and oxygen atoms in total. The van der Waals surface area contributed by atoms with Crippen molar-refractivity contribution in [3.8, 4) is 6.07 Å². The van der Waals surface area contributed by atoms with Gasteiger partial charge in [0, 0.05) is 11.8 Å². The monoisotopic (exact) mass is 159 g/mol. The molecule has 0 aromatic heterocycles. The maximum absolute atomic E-state index is 11.6. The van der Waals surface area contributed by atoms with Crippen LogP contribution < -0.4 is 0 Å². The van der Waals surface area contributed by atoms with Crippen molar-refractivity contribution in [2.45, 2.75) is 6.42 Å². The van der Waals surface area contributed by atoms with E-state index in [4.69, 9.17) is 5.26 Å². The van der Waals surface area contributed by atoms with Gasteiger partial charge in [-0.15, -0.1) is 0 Å². The Kier molecular flexibility index (Phi) is 0.960. The van der Waals surface area contributed by atoms with Crippen molar-refractivity contribution in [1.29, 1.82) is 5.26 Å². The number of carbonyl (C=O) groups excluding carboxylic acids is 1. The maximum Gasteiger partial charge on any atom is 0.144 e. The summed E-state index contributed by atoms with van der Waals surface area (Å²) in [5.41, 5.74) is 0. The molecule has 2 bridgehead atoms. The molecule has 3 aliphatic carbocycles. The smallest absolute Gasteiger partial charge is 0.144 e. The van der Waals surface area contributed by atoms with Crippen LogP contribution in [-0.2, 0) is 4.79 Å². The number of fused-ring (bicyclic) bond motifs is 1. The molecule has 0 amide bonds. The van der Waals surface area contributed by atoms with Gasteiger partial charge in [-0.05, 0) is 18.3 Å². The van der Waals surface area contributed by atoms with E-state index in [-0.39, 0.29) is 17.8 Å². The second-order valence-corrected chi connectivity index (χ2v) is 4.05. The van der Waals surface area contributed by atoms with Gasteiger partial charge in [0.2, 0.25) is 0 Å². The first kappa shape index (κ1) is 6.42. The summed E-state index contributed by atoms with van der Waals surface area (Å²) < 4.78 is 0. The second kappa shape index (κ2) is 1.80. The van der Waals surface area contributed by atoms with E-state index in [0.717, 1.165) is 6.42 Å². The zero-order chi connectivity index (χ0) is 8.29. The molecule has 2 saturated carbocycles. The summed E-state index contributed by atoms with van der Waals surface area (Å²) in [6, 6.07) is 2.28. The fourth-order valence-corrected chi connectivity index (χ4v) is 3.19. The van der Waals surface area contributed by atoms with E-state index in [1.54, 1.807) is 0 Å². The Balaban J connectivity index is 2.11. The van der Waals surface area contributed by atoms with Gasteiger partial charge < -0.3 is 0 Å². The number of hydrogen-bond acceptors (Lipinski definition) is 2. The molecule has 12 heavy (non-hydrogen) atoms. The Hall–Kier alpha value is -1.10. The molecular weight excluding hydrogens is 150 g/mol. The number of carbonyl (C=O) groups is 1. The van der Waals surface area contributed by atoms with E-state index in [1.807, 2.05) is 6.08 Å². The van der Waals surface area contributed by atoms with Gasteiger partial charge in [-0.3, -0.25) is 4.79 Å². The molecule has 0 radical (unpaired) electrons. The molecule has 0 saturated heterocycles. The number of hydrogen-bond donors (Lipinski definition) is 0. The molecule has 2 fully saturated rings. The van der Waals surface area contributed by atoms with Crippen LogP contribution in [-0.4, -0.2) is 5.78 Å². The van der Waals surface area contributed by atoms with Crippen molar-refractivity contribution in [2.24, 2.45) is 29.6 Å². The van der Waals surface area contributed by atoms with Crippen molar-refractivity contribution in [2.75, 3.05) is 0 Å². The average Bonchev–Trinajstić information content (AvgIpc) is 2.62. The van der Waals surface area contributed by atoms with Crippen LogP contribution in [0.15, 0.2) is 12.2 Å². The standard InChI is InChI=1S/C10H9NO/c11-4-9-5-1-2-6-7(5)3-8(9)10(6)12/h1-2,5-9H,3H2/t5-,6+,7-,8+,9-/m0/s1. The Bertz CT molecular complexity index is 325. The minimum atomic E-state index is -0.00231. The first-order chi connectivity index (χ1) is 5.83. The molecule has 3 rings (SSSR count). The molecule has 0 aromatic carbocycles. The number of ketones is 1. The Labute approximate surface area is 70.9 Å². The maximum atomic E-state index is 11.6. The van der Waals surface area contributed by atoms with E-state index in [0.29, 0.717) is 17.6 Å². The fourth-order valence-electron chi connectivity index (χ4n) is 3.19. The molecular formula is C10H9NO. The van der Waals surface area contributed by atoms with Crippen LogP contribution >= 0.6 is 0 Å². The highest BCUT2D eigenvalue weighted by molar-refractivity contribution is 5.90. The molecule has 0 aliphatic heterocycles.